The number of hydrogen-bond acceptors (Lipinski definition) is 5. The molecular weight excluding hydrogens is 444 g/mol. The van der Waals surface area contributed by atoms with Gasteiger partial charge in [-0.05, 0) is 55.9 Å². The van der Waals surface area contributed by atoms with E-state index in [1.165, 1.54) is 0 Å². The van der Waals surface area contributed by atoms with E-state index in [9.17, 15) is 19.2 Å². The Bertz CT molecular complexity index is 968. The summed E-state index contributed by atoms with van der Waals surface area (Å²) in [6.45, 7) is 4.53. The molecule has 3 amide bonds. The summed E-state index contributed by atoms with van der Waals surface area (Å²) in [6.07, 6.45) is 4.99. The van der Waals surface area contributed by atoms with Gasteiger partial charge in [-0.25, -0.2) is 0 Å². The molecule has 1 aromatic rings. The van der Waals surface area contributed by atoms with Crippen LogP contribution in [0.1, 0.15) is 62.7 Å². The van der Waals surface area contributed by atoms with Crippen molar-refractivity contribution < 1.29 is 19.2 Å². The van der Waals surface area contributed by atoms with Gasteiger partial charge in [0.05, 0.1) is 12.6 Å². The number of Topliss-reactive ketones (excluding diaryl/α,β-unsaturated/α-hetero) is 1. The molecule has 8 nitrogen and oxygen atoms in total. The Labute approximate surface area is 208 Å². The molecule has 190 valence electrons. The fraction of sp³-hybridized carbons (Fsp3) is 0.630. The maximum absolute atomic E-state index is 13.7. The molecule has 1 aliphatic carbocycles. The van der Waals surface area contributed by atoms with E-state index in [1.807, 2.05) is 45.0 Å². The first-order valence-corrected chi connectivity index (χ1v) is 12.9. The van der Waals surface area contributed by atoms with E-state index in [-0.39, 0.29) is 47.9 Å². The molecule has 0 bridgehead atoms. The predicted octanol–water partition coefficient (Wildman–Crippen LogP) is 2.47. The zero-order valence-electron chi connectivity index (χ0n) is 21.3. The third kappa shape index (κ3) is 5.21. The Morgan fingerprint density at radius 3 is 2.29 bits per heavy atom. The van der Waals surface area contributed by atoms with Gasteiger partial charge in [0.1, 0.15) is 12.1 Å². The number of carbonyl (C=O) groups is 4. The van der Waals surface area contributed by atoms with E-state index in [2.05, 4.69) is 5.32 Å². The minimum absolute atomic E-state index is 0.0122. The van der Waals surface area contributed by atoms with Gasteiger partial charge in [0.2, 0.25) is 11.8 Å². The lowest BCUT2D eigenvalue weighted by Gasteiger charge is -2.29. The first-order chi connectivity index (χ1) is 16.7. The predicted molar refractivity (Wildman–Crippen MR) is 134 cm³/mol. The van der Waals surface area contributed by atoms with Crippen LogP contribution in [0.5, 0.6) is 0 Å². The molecule has 3 fully saturated rings. The summed E-state index contributed by atoms with van der Waals surface area (Å²) in [5.41, 5.74) is 1.47. The fourth-order valence-electron chi connectivity index (χ4n) is 5.81. The van der Waals surface area contributed by atoms with Crippen molar-refractivity contribution in [3.63, 3.8) is 0 Å². The van der Waals surface area contributed by atoms with Crippen LogP contribution in [0.4, 0.5) is 5.69 Å². The highest BCUT2D eigenvalue weighted by Gasteiger charge is 2.53. The van der Waals surface area contributed by atoms with Gasteiger partial charge >= 0.3 is 0 Å². The Morgan fingerprint density at radius 1 is 1.03 bits per heavy atom. The second-order valence-corrected chi connectivity index (χ2v) is 10.8. The Balaban J connectivity index is 1.47. The standard InChI is InChI=1S/C27H38N4O4/c1-17(2)15-21(28-25(33)18-9-11-20(12-10-18)29(3)4)27(35)30-14-13-22-24(30)23(32)16-31(22)26(34)19-7-5-6-8-19/h9-12,17,19,21-22,24H,5-8,13-16H2,1-4H3,(H,28,33)/t21-,22?,24?/m0/s1. The van der Waals surface area contributed by atoms with Gasteiger partial charge in [-0.2, -0.15) is 0 Å². The largest absolute Gasteiger partial charge is 0.378 e. The fourth-order valence-corrected chi connectivity index (χ4v) is 5.81. The molecule has 0 aromatic heterocycles. The molecule has 1 aromatic carbocycles. The summed E-state index contributed by atoms with van der Waals surface area (Å²) in [5.74, 6) is -0.336. The van der Waals surface area contributed by atoms with Crippen LogP contribution >= 0.6 is 0 Å². The lowest BCUT2D eigenvalue weighted by molar-refractivity contribution is -0.138. The van der Waals surface area contributed by atoms with Crippen molar-refractivity contribution in [1.82, 2.24) is 15.1 Å². The number of carbonyl (C=O) groups excluding carboxylic acids is 4. The molecule has 1 saturated carbocycles. The summed E-state index contributed by atoms with van der Waals surface area (Å²) in [7, 11) is 3.87. The molecule has 0 radical (unpaired) electrons. The number of hydrogen-bond donors (Lipinski definition) is 1. The molecule has 2 heterocycles. The van der Waals surface area contributed by atoms with Crippen LogP contribution < -0.4 is 10.2 Å². The maximum Gasteiger partial charge on any atom is 0.251 e. The third-order valence-electron chi connectivity index (χ3n) is 7.65. The molecule has 4 rings (SSSR count). The SMILES string of the molecule is CC(C)C[C@H](NC(=O)c1ccc(N(C)C)cc1)C(=O)N1CCC2C1C(=O)CN2C(=O)C1CCCC1. The zero-order valence-corrected chi connectivity index (χ0v) is 21.3. The molecule has 3 atom stereocenters. The highest BCUT2D eigenvalue weighted by molar-refractivity contribution is 6.01. The van der Waals surface area contributed by atoms with Gasteiger partial charge in [-0.15, -0.1) is 0 Å². The summed E-state index contributed by atoms with van der Waals surface area (Å²) < 4.78 is 0. The van der Waals surface area contributed by atoms with Crippen LogP contribution in [0.3, 0.4) is 0 Å². The molecule has 8 heteroatoms. The van der Waals surface area contributed by atoms with Gasteiger partial charge in [0, 0.05) is 37.8 Å². The highest BCUT2D eigenvalue weighted by Crippen LogP contribution is 2.34. The van der Waals surface area contributed by atoms with Crippen molar-refractivity contribution in [2.75, 3.05) is 32.1 Å². The molecule has 35 heavy (non-hydrogen) atoms. The molecular formula is C27H38N4O4. The summed E-state index contributed by atoms with van der Waals surface area (Å²) in [4.78, 5) is 58.0. The lowest BCUT2D eigenvalue weighted by atomic mass is 10.0. The molecule has 0 spiro atoms. The number of anilines is 1. The topological polar surface area (TPSA) is 90.0 Å². The molecule has 1 N–H and O–H groups in total. The van der Waals surface area contributed by atoms with Crippen LogP contribution in [0.25, 0.3) is 0 Å². The first kappa shape index (κ1) is 25.2. The summed E-state index contributed by atoms with van der Waals surface area (Å²) in [5, 5.41) is 2.93. The smallest absolute Gasteiger partial charge is 0.251 e. The average molecular weight is 483 g/mol. The van der Waals surface area contributed by atoms with Gasteiger partial charge in [-0.3, -0.25) is 19.2 Å². The minimum Gasteiger partial charge on any atom is -0.378 e. The Hall–Kier alpha value is -2.90. The Kier molecular flexibility index (Phi) is 7.47. The van der Waals surface area contributed by atoms with E-state index in [1.54, 1.807) is 21.9 Å². The number of amides is 3. The van der Waals surface area contributed by atoms with Gasteiger partial charge < -0.3 is 20.0 Å². The van der Waals surface area contributed by atoms with Crippen LogP contribution in [0.2, 0.25) is 0 Å². The van der Waals surface area contributed by atoms with Crippen molar-refractivity contribution in [2.24, 2.45) is 11.8 Å². The van der Waals surface area contributed by atoms with Gasteiger partial charge in [-0.1, -0.05) is 26.7 Å². The van der Waals surface area contributed by atoms with Crippen molar-refractivity contribution in [2.45, 2.75) is 70.5 Å². The van der Waals surface area contributed by atoms with E-state index in [0.717, 1.165) is 31.4 Å². The zero-order chi connectivity index (χ0) is 25.3. The number of ketones is 1. The van der Waals surface area contributed by atoms with Gasteiger partial charge in [0.15, 0.2) is 5.78 Å². The van der Waals surface area contributed by atoms with Crippen molar-refractivity contribution in [3.8, 4) is 0 Å². The van der Waals surface area contributed by atoms with Crippen LogP contribution in [0.15, 0.2) is 24.3 Å². The van der Waals surface area contributed by atoms with E-state index < -0.39 is 12.1 Å². The Morgan fingerprint density at radius 2 is 1.69 bits per heavy atom. The number of nitrogens with one attached hydrogen (secondary N) is 1. The third-order valence-corrected chi connectivity index (χ3v) is 7.65. The maximum atomic E-state index is 13.7. The summed E-state index contributed by atoms with van der Waals surface area (Å²) >= 11 is 0. The minimum atomic E-state index is -0.720. The quantitative estimate of drug-likeness (QED) is 0.645. The normalized spacial score (nSPS) is 23.1. The molecule has 2 unspecified atom stereocenters. The molecule has 2 aliphatic heterocycles. The van der Waals surface area contributed by atoms with Crippen molar-refractivity contribution in [1.29, 1.82) is 0 Å². The average Bonchev–Trinajstić information content (AvgIpc) is 3.56. The first-order valence-electron chi connectivity index (χ1n) is 12.9. The van der Waals surface area contributed by atoms with Gasteiger partial charge in [0.25, 0.3) is 5.91 Å². The van der Waals surface area contributed by atoms with Crippen LogP contribution in [-0.2, 0) is 14.4 Å². The number of rotatable bonds is 7. The second-order valence-electron chi connectivity index (χ2n) is 10.8. The highest BCUT2D eigenvalue weighted by atomic mass is 16.2. The molecule has 3 aliphatic rings. The monoisotopic (exact) mass is 482 g/mol. The van der Waals surface area contributed by atoms with E-state index >= 15 is 0 Å². The van der Waals surface area contributed by atoms with Crippen molar-refractivity contribution in [3.05, 3.63) is 29.8 Å². The summed E-state index contributed by atoms with van der Waals surface area (Å²) in [6, 6.07) is 5.68. The second kappa shape index (κ2) is 10.4. The number of nitrogens with zero attached hydrogens (tertiary/aromatic N) is 3. The van der Waals surface area contributed by atoms with E-state index in [0.29, 0.717) is 24.9 Å². The number of likely N-dealkylation sites (tertiary alicyclic amines) is 2. The van der Waals surface area contributed by atoms with Crippen LogP contribution in [0, 0.1) is 11.8 Å². The number of fused-ring (bicyclic) bond motifs is 1. The lowest BCUT2D eigenvalue weighted by Crippen LogP contribution is -2.53. The van der Waals surface area contributed by atoms with Crippen LogP contribution in [-0.4, -0.2) is 78.6 Å². The van der Waals surface area contributed by atoms with E-state index in [4.69, 9.17) is 0 Å². The number of benzene rings is 1. The van der Waals surface area contributed by atoms with Crippen molar-refractivity contribution >= 4 is 29.2 Å². The molecule has 2 saturated heterocycles.